The first kappa shape index (κ1) is 19.2. The van der Waals surface area contributed by atoms with Gasteiger partial charge in [0.25, 0.3) is 0 Å². The highest BCUT2D eigenvalue weighted by atomic mass is 16.1. The van der Waals surface area contributed by atoms with E-state index in [0.717, 1.165) is 47.0 Å². The SMILES string of the molecule is CCC(C)C(C)CCC(C)=Nc1ccc(-c2ccn(C=O)c2)cc1C. The van der Waals surface area contributed by atoms with E-state index in [-0.39, 0.29) is 0 Å². The van der Waals surface area contributed by atoms with E-state index in [4.69, 9.17) is 4.99 Å². The van der Waals surface area contributed by atoms with Crippen molar-refractivity contribution in [2.24, 2.45) is 16.8 Å². The molecule has 1 aromatic heterocycles. The molecule has 0 fully saturated rings. The second-order valence-electron chi connectivity index (χ2n) is 7.20. The molecule has 0 aliphatic carbocycles. The number of nitrogens with zero attached hydrogens (tertiary/aromatic N) is 2. The van der Waals surface area contributed by atoms with Crippen LogP contribution in [-0.4, -0.2) is 16.7 Å². The van der Waals surface area contributed by atoms with E-state index < -0.39 is 0 Å². The summed E-state index contributed by atoms with van der Waals surface area (Å²) in [4.78, 5) is 15.6. The minimum absolute atomic E-state index is 0.737. The van der Waals surface area contributed by atoms with Gasteiger partial charge in [0.1, 0.15) is 0 Å². The van der Waals surface area contributed by atoms with Crippen molar-refractivity contribution in [1.29, 1.82) is 0 Å². The molecule has 0 bridgehead atoms. The van der Waals surface area contributed by atoms with Crippen molar-refractivity contribution < 1.29 is 4.79 Å². The van der Waals surface area contributed by atoms with E-state index in [9.17, 15) is 4.79 Å². The fourth-order valence-corrected chi connectivity index (χ4v) is 2.99. The minimum Gasteiger partial charge on any atom is -0.297 e. The normalized spacial score (nSPS) is 14.4. The highest BCUT2D eigenvalue weighted by Crippen LogP contribution is 2.27. The van der Waals surface area contributed by atoms with E-state index in [2.05, 4.69) is 52.8 Å². The quantitative estimate of drug-likeness (QED) is 0.426. The van der Waals surface area contributed by atoms with Gasteiger partial charge in [0.05, 0.1) is 5.69 Å². The van der Waals surface area contributed by atoms with Crippen LogP contribution in [0.25, 0.3) is 11.1 Å². The molecule has 0 saturated heterocycles. The molecule has 1 heterocycles. The van der Waals surface area contributed by atoms with Crippen LogP contribution in [0.4, 0.5) is 5.69 Å². The number of aryl methyl sites for hydroxylation is 1. The molecule has 0 spiro atoms. The Morgan fingerprint density at radius 2 is 1.96 bits per heavy atom. The Morgan fingerprint density at radius 1 is 1.20 bits per heavy atom. The Balaban J connectivity index is 2.08. The van der Waals surface area contributed by atoms with Gasteiger partial charge in [-0.25, -0.2) is 0 Å². The predicted octanol–water partition coefficient (Wildman–Crippen LogP) is 6.06. The number of carbonyl (C=O) groups is 1. The summed E-state index contributed by atoms with van der Waals surface area (Å²) in [7, 11) is 0. The van der Waals surface area contributed by atoms with Crippen molar-refractivity contribution in [3.05, 3.63) is 42.2 Å². The first-order valence-electron chi connectivity index (χ1n) is 9.22. The molecule has 2 atom stereocenters. The molecule has 0 N–H and O–H groups in total. The summed E-state index contributed by atoms with van der Waals surface area (Å²) in [5.41, 5.74) is 5.54. The molecule has 3 nitrogen and oxygen atoms in total. The Morgan fingerprint density at radius 3 is 2.56 bits per heavy atom. The van der Waals surface area contributed by atoms with Crippen molar-refractivity contribution in [3.63, 3.8) is 0 Å². The van der Waals surface area contributed by atoms with Crippen LogP contribution in [0.15, 0.2) is 41.7 Å². The molecule has 25 heavy (non-hydrogen) atoms. The molecule has 134 valence electrons. The molecule has 0 aliphatic rings. The first-order valence-corrected chi connectivity index (χ1v) is 9.22. The lowest BCUT2D eigenvalue weighted by atomic mass is 9.89. The molecule has 0 saturated carbocycles. The molecular formula is C22H30N2O. The van der Waals surface area contributed by atoms with Gasteiger partial charge in [-0.1, -0.05) is 33.3 Å². The van der Waals surface area contributed by atoms with Gasteiger partial charge in [-0.2, -0.15) is 0 Å². The number of rotatable bonds is 8. The van der Waals surface area contributed by atoms with Gasteiger partial charge in [0.15, 0.2) is 0 Å². The van der Waals surface area contributed by atoms with Crippen molar-refractivity contribution in [2.75, 3.05) is 0 Å². The topological polar surface area (TPSA) is 34.4 Å². The van der Waals surface area contributed by atoms with E-state index in [0.29, 0.717) is 0 Å². The lowest BCUT2D eigenvalue weighted by Crippen LogP contribution is -2.08. The maximum absolute atomic E-state index is 10.8. The van der Waals surface area contributed by atoms with E-state index in [1.54, 1.807) is 6.20 Å². The van der Waals surface area contributed by atoms with Crippen LogP contribution in [0.3, 0.4) is 0 Å². The van der Waals surface area contributed by atoms with Crippen LogP contribution in [0, 0.1) is 18.8 Å². The van der Waals surface area contributed by atoms with Crippen LogP contribution < -0.4 is 0 Å². The van der Waals surface area contributed by atoms with Crippen LogP contribution in [0.2, 0.25) is 0 Å². The van der Waals surface area contributed by atoms with Gasteiger partial charge >= 0.3 is 0 Å². The average molecular weight is 338 g/mol. The van der Waals surface area contributed by atoms with E-state index in [1.807, 2.05) is 12.3 Å². The van der Waals surface area contributed by atoms with Crippen molar-refractivity contribution in [2.45, 2.75) is 53.9 Å². The number of aliphatic imine (C=N–C) groups is 1. The molecule has 3 heteroatoms. The second kappa shape index (κ2) is 8.80. The van der Waals surface area contributed by atoms with Gasteiger partial charge in [-0.05, 0) is 73.4 Å². The number of hydrogen-bond acceptors (Lipinski definition) is 2. The molecule has 2 aromatic rings. The summed E-state index contributed by atoms with van der Waals surface area (Å²) < 4.78 is 1.53. The molecule has 0 amide bonds. The van der Waals surface area contributed by atoms with Gasteiger partial charge in [-0.15, -0.1) is 0 Å². The van der Waals surface area contributed by atoms with Crippen LogP contribution in [0.5, 0.6) is 0 Å². The Labute approximate surface area is 151 Å². The van der Waals surface area contributed by atoms with Gasteiger partial charge < -0.3 is 0 Å². The lowest BCUT2D eigenvalue weighted by Gasteiger charge is -2.17. The Hall–Kier alpha value is -2.16. The van der Waals surface area contributed by atoms with Gasteiger partial charge in [0.2, 0.25) is 6.41 Å². The summed E-state index contributed by atoms with van der Waals surface area (Å²) in [5.74, 6) is 1.51. The Kier molecular flexibility index (Phi) is 6.74. The first-order chi connectivity index (χ1) is 11.9. The van der Waals surface area contributed by atoms with Gasteiger partial charge in [-0.3, -0.25) is 14.4 Å². The summed E-state index contributed by atoms with van der Waals surface area (Å²) in [6.45, 7) is 11.1. The number of carbonyl (C=O) groups excluding carboxylic acids is 1. The number of benzene rings is 1. The second-order valence-corrected chi connectivity index (χ2v) is 7.20. The van der Waals surface area contributed by atoms with Crippen LogP contribution in [-0.2, 0) is 4.79 Å². The fourth-order valence-electron chi connectivity index (χ4n) is 2.99. The van der Waals surface area contributed by atoms with Crippen molar-refractivity contribution in [3.8, 4) is 11.1 Å². The zero-order chi connectivity index (χ0) is 18.4. The fraction of sp³-hybridized carbons (Fsp3) is 0.455. The standard InChI is InChI=1S/C22H30N2O/c1-6-16(2)17(3)7-8-19(5)23-22-10-9-20(13-18(22)4)21-11-12-24(14-21)15-25/h9-17H,6-8H2,1-5H3. The zero-order valence-electron chi connectivity index (χ0n) is 16.1. The van der Waals surface area contributed by atoms with E-state index in [1.165, 1.54) is 23.1 Å². The lowest BCUT2D eigenvalue weighted by molar-refractivity contribution is 0.360. The molecule has 0 radical (unpaired) electrons. The highest BCUT2D eigenvalue weighted by Gasteiger charge is 2.10. The third kappa shape index (κ3) is 5.15. The number of hydrogen-bond donors (Lipinski definition) is 0. The number of aromatic nitrogens is 1. The van der Waals surface area contributed by atoms with Crippen LogP contribution in [0.1, 0.15) is 52.5 Å². The van der Waals surface area contributed by atoms with Crippen molar-refractivity contribution in [1.82, 2.24) is 4.57 Å². The summed E-state index contributed by atoms with van der Waals surface area (Å²) >= 11 is 0. The largest absolute Gasteiger partial charge is 0.297 e. The average Bonchev–Trinajstić information content (AvgIpc) is 3.09. The third-order valence-corrected chi connectivity index (χ3v) is 5.25. The molecule has 2 unspecified atom stereocenters. The molecule has 1 aromatic carbocycles. The monoisotopic (exact) mass is 338 g/mol. The van der Waals surface area contributed by atoms with Gasteiger partial charge in [0, 0.05) is 18.1 Å². The third-order valence-electron chi connectivity index (χ3n) is 5.25. The summed E-state index contributed by atoms with van der Waals surface area (Å²) in [5, 5.41) is 0. The van der Waals surface area contributed by atoms with Crippen molar-refractivity contribution >= 4 is 17.8 Å². The molecular weight excluding hydrogens is 308 g/mol. The molecule has 0 aliphatic heterocycles. The van der Waals surface area contributed by atoms with Crippen LogP contribution >= 0.6 is 0 Å². The smallest absolute Gasteiger partial charge is 0.217 e. The highest BCUT2D eigenvalue weighted by molar-refractivity contribution is 5.85. The maximum atomic E-state index is 10.8. The maximum Gasteiger partial charge on any atom is 0.217 e. The minimum atomic E-state index is 0.737. The zero-order valence-corrected chi connectivity index (χ0v) is 16.1. The predicted molar refractivity (Wildman–Crippen MR) is 107 cm³/mol. The molecule has 2 rings (SSSR count). The summed E-state index contributed by atoms with van der Waals surface area (Å²) in [6, 6.07) is 8.24. The summed E-state index contributed by atoms with van der Waals surface area (Å²) in [6.07, 6.45) is 7.90. The Bertz CT molecular complexity index is 742. The van der Waals surface area contributed by atoms with E-state index >= 15 is 0 Å².